The number of carbonyl (C=O) groups is 1. The highest BCUT2D eigenvalue weighted by Gasteiger charge is 2.43. The lowest BCUT2D eigenvalue weighted by atomic mass is 10.1. The molecular formula is C25H23F2N7OS2. The predicted molar refractivity (Wildman–Crippen MR) is 140 cm³/mol. The second-order valence-electron chi connectivity index (χ2n) is 9.20. The number of amides is 1. The van der Waals surface area contributed by atoms with E-state index in [0.29, 0.717) is 29.6 Å². The minimum Gasteiger partial charge on any atom is -0.350 e. The molecule has 0 radical (unpaired) electrons. The van der Waals surface area contributed by atoms with Crippen LogP contribution in [0.3, 0.4) is 0 Å². The summed E-state index contributed by atoms with van der Waals surface area (Å²) < 4.78 is 27.6. The van der Waals surface area contributed by atoms with Crippen molar-refractivity contribution in [3.63, 3.8) is 0 Å². The maximum Gasteiger partial charge on any atom is 0.256 e. The third kappa shape index (κ3) is 4.55. The number of halogens is 2. The molecular weight excluding hydrogens is 516 g/mol. The minimum absolute atomic E-state index is 0.0668. The number of carbonyl (C=O) groups excluding carboxylic acids is 1. The second kappa shape index (κ2) is 9.42. The zero-order valence-electron chi connectivity index (χ0n) is 20.1. The lowest BCUT2D eigenvalue weighted by molar-refractivity contribution is 0.0640. The van der Waals surface area contributed by atoms with Crippen molar-refractivity contribution in [2.45, 2.75) is 38.8 Å². The Morgan fingerprint density at radius 3 is 2.51 bits per heavy atom. The number of thiazole rings is 2. The number of aryl methyl sites for hydroxylation is 2. The molecule has 0 aromatic carbocycles. The molecule has 4 aromatic rings. The Bertz CT molecular complexity index is 1460. The molecule has 2 saturated heterocycles. The van der Waals surface area contributed by atoms with Crippen LogP contribution in [-0.4, -0.2) is 55.9 Å². The van der Waals surface area contributed by atoms with Gasteiger partial charge in [-0.05, 0) is 38.8 Å². The van der Waals surface area contributed by atoms with Crippen LogP contribution in [0.5, 0.6) is 0 Å². The first kappa shape index (κ1) is 23.9. The van der Waals surface area contributed by atoms with Crippen LogP contribution < -0.4 is 10.2 Å². The molecule has 1 N–H and O–H groups in total. The first-order valence-corrected chi connectivity index (χ1v) is 13.6. The average Bonchev–Trinajstić information content (AvgIpc) is 3.54. The highest BCUT2D eigenvalue weighted by molar-refractivity contribution is 7.16. The van der Waals surface area contributed by atoms with Gasteiger partial charge in [0.1, 0.15) is 11.6 Å². The molecule has 0 unspecified atom stereocenters. The summed E-state index contributed by atoms with van der Waals surface area (Å²) >= 11 is 3.10. The number of piperazine rings is 1. The number of aromatic nitrogens is 4. The Kier molecular flexibility index (Phi) is 6.07. The first-order valence-electron chi connectivity index (χ1n) is 11.9. The summed E-state index contributed by atoms with van der Waals surface area (Å²) in [5.74, 6) is -0.750. The fourth-order valence-electron chi connectivity index (χ4n) is 5.10. The van der Waals surface area contributed by atoms with E-state index in [9.17, 15) is 13.6 Å². The number of hydrogen-bond donors (Lipinski definition) is 1. The lowest BCUT2D eigenvalue weighted by Gasteiger charge is -2.41. The Morgan fingerprint density at radius 2 is 1.86 bits per heavy atom. The fraction of sp³-hybridized carbons (Fsp3) is 0.320. The van der Waals surface area contributed by atoms with Crippen molar-refractivity contribution in [3.8, 4) is 10.6 Å². The molecule has 1 amide bonds. The van der Waals surface area contributed by atoms with Gasteiger partial charge in [0, 0.05) is 30.7 Å². The first-order chi connectivity index (χ1) is 17.9. The molecule has 6 heterocycles. The number of nitrogens with one attached hydrogen (secondary N) is 1. The summed E-state index contributed by atoms with van der Waals surface area (Å²) in [7, 11) is 0. The van der Waals surface area contributed by atoms with E-state index in [2.05, 4.69) is 25.3 Å². The third-order valence-electron chi connectivity index (χ3n) is 6.69. The van der Waals surface area contributed by atoms with Gasteiger partial charge in [-0.1, -0.05) is 0 Å². The van der Waals surface area contributed by atoms with E-state index in [1.807, 2.05) is 29.0 Å². The predicted octanol–water partition coefficient (Wildman–Crippen LogP) is 5.19. The van der Waals surface area contributed by atoms with E-state index in [1.165, 1.54) is 11.3 Å². The summed E-state index contributed by atoms with van der Waals surface area (Å²) in [6.07, 6.45) is 4.25. The molecule has 12 heteroatoms. The number of anilines is 3. The van der Waals surface area contributed by atoms with Crippen LogP contribution in [0.25, 0.3) is 10.6 Å². The summed E-state index contributed by atoms with van der Waals surface area (Å²) in [6, 6.07) is 4.24. The summed E-state index contributed by atoms with van der Waals surface area (Å²) in [5.41, 5.74) is 2.35. The molecule has 0 spiro atoms. The number of rotatable bonds is 5. The van der Waals surface area contributed by atoms with Gasteiger partial charge in [-0.2, -0.15) is 0 Å². The van der Waals surface area contributed by atoms with E-state index in [1.54, 1.807) is 29.7 Å². The van der Waals surface area contributed by atoms with Crippen molar-refractivity contribution in [3.05, 3.63) is 63.9 Å². The summed E-state index contributed by atoms with van der Waals surface area (Å²) in [4.78, 5) is 35.6. The van der Waals surface area contributed by atoms with Gasteiger partial charge in [-0.15, -0.1) is 22.7 Å². The van der Waals surface area contributed by atoms with Crippen LogP contribution >= 0.6 is 22.7 Å². The molecule has 2 atom stereocenters. The quantitative estimate of drug-likeness (QED) is 0.374. The zero-order chi connectivity index (χ0) is 25.7. The van der Waals surface area contributed by atoms with Gasteiger partial charge >= 0.3 is 0 Å². The molecule has 2 fully saturated rings. The van der Waals surface area contributed by atoms with Gasteiger partial charge in [0.05, 0.1) is 45.1 Å². The van der Waals surface area contributed by atoms with E-state index in [4.69, 9.17) is 0 Å². The van der Waals surface area contributed by atoms with Crippen molar-refractivity contribution in [1.29, 1.82) is 0 Å². The molecule has 0 saturated carbocycles. The van der Waals surface area contributed by atoms with Crippen LogP contribution in [0, 0.1) is 25.5 Å². The van der Waals surface area contributed by atoms with Crippen LogP contribution in [0.1, 0.15) is 33.9 Å². The monoisotopic (exact) mass is 539 g/mol. The molecule has 190 valence electrons. The Morgan fingerprint density at radius 1 is 1.08 bits per heavy atom. The van der Waals surface area contributed by atoms with Crippen LogP contribution in [0.4, 0.5) is 25.5 Å². The molecule has 8 nitrogen and oxygen atoms in total. The summed E-state index contributed by atoms with van der Waals surface area (Å²) in [5, 5.41) is 6.91. The van der Waals surface area contributed by atoms with E-state index >= 15 is 0 Å². The van der Waals surface area contributed by atoms with Gasteiger partial charge in [-0.25, -0.2) is 28.7 Å². The smallest absolute Gasteiger partial charge is 0.256 e. The van der Waals surface area contributed by atoms with Crippen molar-refractivity contribution >= 4 is 45.3 Å². The highest BCUT2D eigenvalue weighted by Crippen LogP contribution is 2.35. The SMILES string of the molecule is Cc1nc(C)c(-c2csc(Nc3ccc(C(=O)N4[C@@H]5CC[C@H]4CN(c4ncc(F)cc4F)C5)cn3)n2)s1. The third-order valence-corrected chi connectivity index (χ3v) is 8.54. The van der Waals surface area contributed by atoms with Crippen LogP contribution in [0.15, 0.2) is 36.0 Å². The lowest BCUT2D eigenvalue weighted by Crippen LogP contribution is -2.56. The second-order valence-corrected chi connectivity index (χ2v) is 11.3. The maximum atomic E-state index is 14.3. The molecule has 6 rings (SSSR count). The molecule has 2 bridgehead atoms. The Labute approximate surface area is 220 Å². The topological polar surface area (TPSA) is 87.1 Å². The average molecular weight is 540 g/mol. The Hall–Kier alpha value is -3.51. The van der Waals surface area contributed by atoms with Crippen molar-refractivity contribution in [2.75, 3.05) is 23.3 Å². The fourth-order valence-corrected chi connectivity index (χ4v) is 6.77. The van der Waals surface area contributed by atoms with E-state index in [-0.39, 0.29) is 23.8 Å². The zero-order valence-corrected chi connectivity index (χ0v) is 21.7. The van der Waals surface area contributed by atoms with Crippen molar-refractivity contribution in [1.82, 2.24) is 24.8 Å². The van der Waals surface area contributed by atoms with Gasteiger partial charge in [0.2, 0.25) is 0 Å². The number of nitrogens with zero attached hydrogens (tertiary/aromatic N) is 6. The van der Waals surface area contributed by atoms with Gasteiger partial charge in [0.15, 0.2) is 16.8 Å². The van der Waals surface area contributed by atoms with Crippen molar-refractivity contribution < 1.29 is 13.6 Å². The van der Waals surface area contributed by atoms with Crippen LogP contribution in [-0.2, 0) is 0 Å². The Balaban J connectivity index is 1.13. The number of hydrogen-bond acceptors (Lipinski definition) is 9. The van der Waals surface area contributed by atoms with Crippen LogP contribution in [0.2, 0.25) is 0 Å². The summed E-state index contributed by atoms with van der Waals surface area (Å²) in [6.45, 7) is 4.87. The normalized spacial score (nSPS) is 18.9. The molecule has 37 heavy (non-hydrogen) atoms. The number of pyridine rings is 2. The van der Waals surface area contributed by atoms with Gasteiger partial charge < -0.3 is 15.1 Å². The number of fused-ring (bicyclic) bond motifs is 2. The highest BCUT2D eigenvalue weighted by atomic mass is 32.1. The maximum absolute atomic E-state index is 14.3. The minimum atomic E-state index is -0.705. The largest absolute Gasteiger partial charge is 0.350 e. The molecule has 0 aliphatic carbocycles. The van der Waals surface area contributed by atoms with E-state index in [0.717, 1.165) is 46.4 Å². The van der Waals surface area contributed by atoms with Gasteiger partial charge in [-0.3, -0.25) is 4.79 Å². The molecule has 4 aromatic heterocycles. The standard InChI is InChI=1S/C25H23F2N7OS2/c1-13-22(37-14(2)30-13)20-12-36-25(31-20)32-21-6-3-15(8-28-21)24(35)34-17-4-5-18(34)11-33(10-17)23-19(27)7-16(26)9-29-23/h3,6-9,12,17-18H,4-5,10-11H2,1-2H3,(H,28,31,32)/t17-,18+. The van der Waals surface area contributed by atoms with E-state index < -0.39 is 11.6 Å². The van der Waals surface area contributed by atoms with Gasteiger partial charge in [0.25, 0.3) is 5.91 Å². The molecule has 2 aliphatic heterocycles. The van der Waals surface area contributed by atoms with Crippen molar-refractivity contribution in [2.24, 2.45) is 0 Å². The molecule has 2 aliphatic rings.